The fraction of sp³-hybridized carbons (Fsp3) is 0.750. The number of hydrogen-bond acceptors (Lipinski definition) is 2. The van der Waals surface area contributed by atoms with E-state index in [1.807, 2.05) is 27.7 Å². The quantitative estimate of drug-likeness (QED) is 0.590. The molecule has 1 saturated heterocycles. The van der Waals surface area contributed by atoms with Gasteiger partial charge >= 0.3 is 0 Å². The normalized spacial score (nSPS) is 20.0. The number of hydrogen-bond donors (Lipinski definition) is 0. The van der Waals surface area contributed by atoms with Gasteiger partial charge in [-0.25, -0.2) is 0 Å². The molecule has 0 N–H and O–H groups in total. The fourth-order valence-electron chi connectivity index (χ4n) is 0.866. The SMILES string of the molecule is C=C(C)N=CC.CC.CC1CCN1C. The summed E-state index contributed by atoms with van der Waals surface area (Å²) in [6, 6.07) is 0.866. The van der Waals surface area contributed by atoms with Crippen LogP contribution in [-0.2, 0) is 0 Å². The minimum absolute atomic E-state index is 0.859. The zero-order valence-corrected chi connectivity index (χ0v) is 10.7. The summed E-state index contributed by atoms with van der Waals surface area (Å²) in [5.74, 6) is 0. The van der Waals surface area contributed by atoms with E-state index in [4.69, 9.17) is 0 Å². The van der Waals surface area contributed by atoms with Crippen LogP contribution in [0, 0.1) is 0 Å². The molecule has 1 aliphatic rings. The van der Waals surface area contributed by atoms with Gasteiger partial charge in [0.15, 0.2) is 0 Å². The van der Waals surface area contributed by atoms with Crippen LogP contribution in [-0.4, -0.2) is 30.7 Å². The minimum atomic E-state index is 0.859. The molecule has 0 bridgehead atoms. The van der Waals surface area contributed by atoms with Gasteiger partial charge in [-0.05, 0) is 40.8 Å². The molecule has 0 saturated carbocycles. The molecule has 1 heterocycles. The first-order chi connectivity index (χ1) is 6.57. The summed E-state index contributed by atoms with van der Waals surface area (Å²) < 4.78 is 0. The Labute approximate surface area is 89.7 Å². The highest BCUT2D eigenvalue weighted by Gasteiger charge is 2.17. The predicted octanol–water partition coefficient (Wildman–Crippen LogP) is 3.35. The van der Waals surface area contributed by atoms with Gasteiger partial charge in [-0.3, -0.25) is 4.99 Å². The fourth-order valence-corrected chi connectivity index (χ4v) is 0.866. The van der Waals surface area contributed by atoms with Crippen molar-refractivity contribution >= 4 is 6.21 Å². The molecule has 1 aliphatic heterocycles. The van der Waals surface area contributed by atoms with Crippen molar-refractivity contribution in [3.05, 3.63) is 12.3 Å². The average Bonchev–Trinajstić information content (AvgIpc) is 2.19. The van der Waals surface area contributed by atoms with Crippen molar-refractivity contribution in [2.24, 2.45) is 4.99 Å². The monoisotopic (exact) mass is 198 g/mol. The summed E-state index contributed by atoms with van der Waals surface area (Å²) in [6.45, 7) is 14.8. The van der Waals surface area contributed by atoms with E-state index in [1.165, 1.54) is 13.0 Å². The summed E-state index contributed by atoms with van der Waals surface area (Å²) in [6.07, 6.45) is 3.12. The molecule has 84 valence electrons. The lowest BCUT2D eigenvalue weighted by molar-refractivity contribution is 0.143. The Morgan fingerprint density at radius 3 is 1.93 bits per heavy atom. The van der Waals surface area contributed by atoms with E-state index in [-0.39, 0.29) is 0 Å². The van der Waals surface area contributed by atoms with E-state index in [1.54, 1.807) is 6.21 Å². The molecule has 2 heteroatoms. The second-order valence-electron chi connectivity index (χ2n) is 3.24. The third-order valence-electron chi connectivity index (χ3n) is 2.00. The molecule has 1 atom stereocenters. The van der Waals surface area contributed by atoms with Crippen molar-refractivity contribution in [1.29, 1.82) is 0 Å². The van der Waals surface area contributed by atoms with Crippen LogP contribution in [0.5, 0.6) is 0 Å². The highest BCUT2D eigenvalue weighted by Crippen LogP contribution is 2.11. The number of likely N-dealkylation sites (tertiary alicyclic amines) is 1. The first kappa shape index (κ1) is 15.8. The van der Waals surface area contributed by atoms with Crippen LogP contribution in [0.1, 0.15) is 41.0 Å². The summed E-state index contributed by atoms with van der Waals surface area (Å²) in [7, 11) is 2.16. The molecular formula is C12H26N2. The summed E-state index contributed by atoms with van der Waals surface area (Å²) in [4.78, 5) is 6.15. The zero-order valence-electron chi connectivity index (χ0n) is 10.7. The van der Waals surface area contributed by atoms with Gasteiger partial charge in [-0.2, -0.15) is 0 Å². The Bertz CT molecular complexity index is 154. The standard InChI is InChI=1S/C5H11N.C5H9N.C2H6/c1-5-3-4-6(5)2;1-4-6-5(2)3;1-2/h5H,3-4H2,1-2H3;4H,2H2,1,3H3;1-2H3. The highest BCUT2D eigenvalue weighted by atomic mass is 15.2. The van der Waals surface area contributed by atoms with Gasteiger partial charge in [0, 0.05) is 18.0 Å². The second-order valence-corrected chi connectivity index (χ2v) is 3.24. The van der Waals surface area contributed by atoms with E-state index < -0.39 is 0 Å². The Hall–Kier alpha value is -0.630. The van der Waals surface area contributed by atoms with E-state index in [0.717, 1.165) is 11.7 Å². The van der Waals surface area contributed by atoms with E-state index in [0.29, 0.717) is 0 Å². The van der Waals surface area contributed by atoms with Crippen molar-refractivity contribution in [3.63, 3.8) is 0 Å². The van der Waals surface area contributed by atoms with Crippen molar-refractivity contribution in [1.82, 2.24) is 4.90 Å². The van der Waals surface area contributed by atoms with Gasteiger partial charge in [0.25, 0.3) is 0 Å². The molecule has 0 spiro atoms. The molecule has 1 rings (SSSR count). The van der Waals surface area contributed by atoms with E-state index >= 15 is 0 Å². The van der Waals surface area contributed by atoms with Gasteiger partial charge in [-0.1, -0.05) is 20.4 Å². The van der Waals surface area contributed by atoms with Crippen molar-refractivity contribution < 1.29 is 0 Å². The Morgan fingerprint density at radius 1 is 1.50 bits per heavy atom. The lowest BCUT2D eigenvalue weighted by Crippen LogP contribution is -2.41. The number of allylic oxidation sites excluding steroid dienone is 1. The first-order valence-corrected chi connectivity index (χ1v) is 5.42. The topological polar surface area (TPSA) is 15.6 Å². The van der Waals surface area contributed by atoms with Crippen LogP contribution < -0.4 is 0 Å². The molecule has 0 radical (unpaired) electrons. The smallest absolute Gasteiger partial charge is 0.0296 e. The van der Waals surface area contributed by atoms with Crippen LogP contribution in [0.3, 0.4) is 0 Å². The third-order valence-corrected chi connectivity index (χ3v) is 2.00. The molecule has 0 aromatic rings. The van der Waals surface area contributed by atoms with Gasteiger partial charge in [0.05, 0.1) is 0 Å². The lowest BCUT2D eigenvalue weighted by atomic mass is 10.1. The van der Waals surface area contributed by atoms with Gasteiger partial charge in [-0.15, -0.1) is 0 Å². The van der Waals surface area contributed by atoms with Crippen LogP contribution in [0.4, 0.5) is 0 Å². The molecule has 14 heavy (non-hydrogen) atoms. The second kappa shape index (κ2) is 10.5. The first-order valence-electron chi connectivity index (χ1n) is 5.42. The largest absolute Gasteiger partial charge is 0.304 e. The Kier molecular flexibility index (Phi) is 11.8. The molecule has 1 unspecified atom stereocenters. The highest BCUT2D eigenvalue weighted by molar-refractivity contribution is 5.54. The van der Waals surface area contributed by atoms with E-state index in [9.17, 15) is 0 Å². The molecule has 0 aliphatic carbocycles. The van der Waals surface area contributed by atoms with Crippen LogP contribution in [0.25, 0.3) is 0 Å². The zero-order chi connectivity index (χ0) is 11.6. The van der Waals surface area contributed by atoms with Crippen LogP contribution >= 0.6 is 0 Å². The maximum atomic E-state index is 3.81. The minimum Gasteiger partial charge on any atom is -0.304 e. The molecule has 1 fully saturated rings. The lowest BCUT2D eigenvalue weighted by Gasteiger charge is -2.34. The van der Waals surface area contributed by atoms with Crippen LogP contribution in [0.2, 0.25) is 0 Å². The Balaban J connectivity index is 0. The summed E-state index contributed by atoms with van der Waals surface area (Å²) >= 11 is 0. The molecule has 0 aromatic heterocycles. The van der Waals surface area contributed by atoms with Gasteiger partial charge in [0.1, 0.15) is 0 Å². The molecule has 0 amide bonds. The maximum absolute atomic E-state index is 3.81. The van der Waals surface area contributed by atoms with Gasteiger partial charge < -0.3 is 4.90 Å². The average molecular weight is 198 g/mol. The number of aliphatic imine (C=N–C) groups is 1. The predicted molar refractivity (Wildman–Crippen MR) is 67.0 cm³/mol. The number of rotatable bonds is 1. The molecule has 0 aromatic carbocycles. The van der Waals surface area contributed by atoms with Crippen LogP contribution in [0.15, 0.2) is 17.3 Å². The maximum Gasteiger partial charge on any atom is 0.0296 e. The van der Waals surface area contributed by atoms with Crippen molar-refractivity contribution in [2.45, 2.75) is 47.1 Å². The molecular weight excluding hydrogens is 172 g/mol. The van der Waals surface area contributed by atoms with Gasteiger partial charge in [0.2, 0.25) is 0 Å². The molecule has 2 nitrogen and oxygen atoms in total. The third kappa shape index (κ3) is 9.46. The summed E-state index contributed by atoms with van der Waals surface area (Å²) in [5.41, 5.74) is 0.859. The number of nitrogens with zero attached hydrogens (tertiary/aromatic N) is 2. The van der Waals surface area contributed by atoms with E-state index in [2.05, 4.69) is 30.4 Å². The Morgan fingerprint density at radius 2 is 1.93 bits per heavy atom. The van der Waals surface area contributed by atoms with Crippen molar-refractivity contribution in [3.8, 4) is 0 Å². The summed E-state index contributed by atoms with van der Waals surface area (Å²) in [5, 5.41) is 0. The van der Waals surface area contributed by atoms with Crippen molar-refractivity contribution in [2.75, 3.05) is 13.6 Å².